The van der Waals surface area contributed by atoms with Crippen molar-refractivity contribution in [1.29, 1.82) is 0 Å². The topological polar surface area (TPSA) is 66.5 Å². The van der Waals surface area contributed by atoms with Gasteiger partial charge in [-0.25, -0.2) is 4.39 Å². The Morgan fingerprint density at radius 3 is 2.40 bits per heavy atom. The van der Waals surface area contributed by atoms with E-state index in [-0.39, 0.29) is 41.0 Å². The highest BCUT2D eigenvalue weighted by Gasteiger charge is 2.34. The second-order valence-corrected chi connectivity index (χ2v) is 10.7. The van der Waals surface area contributed by atoms with Crippen molar-refractivity contribution < 1.29 is 18.8 Å². The van der Waals surface area contributed by atoms with E-state index in [1.54, 1.807) is 6.07 Å². The quantitative estimate of drug-likeness (QED) is 0.475. The van der Waals surface area contributed by atoms with Gasteiger partial charge in [0.2, 0.25) is 5.91 Å². The Morgan fingerprint density at radius 2 is 1.83 bits per heavy atom. The van der Waals surface area contributed by atoms with E-state index in [9.17, 15) is 14.4 Å². The number of carbonyl (C=O) groups excluding carboxylic acids is 3. The molecule has 2 fully saturated rings. The van der Waals surface area contributed by atoms with Crippen LogP contribution in [0.3, 0.4) is 0 Å². The summed E-state index contributed by atoms with van der Waals surface area (Å²) in [5.74, 6) is -1.03. The summed E-state index contributed by atoms with van der Waals surface area (Å²) in [5.41, 5.74) is 1.43. The molecule has 3 unspecified atom stereocenters. The molecule has 1 saturated carbocycles. The van der Waals surface area contributed by atoms with Crippen LogP contribution in [0.1, 0.15) is 101 Å². The number of likely N-dealkylation sites (tertiary alicyclic amines) is 1. The van der Waals surface area contributed by atoms with Crippen LogP contribution in [0.5, 0.6) is 0 Å². The Bertz CT molecular complexity index is 951. The summed E-state index contributed by atoms with van der Waals surface area (Å²) in [4.78, 5) is 40.3. The molecule has 2 amide bonds. The van der Waals surface area contributed by atoms with E-state index in [1.807, 2.05) is 38.7 Å². The molecule has 1 N–H and O–H groups in total. The van der Waals surface area contributed by atoms with Gasteiger partial charge in [-0.1, -0.05) is 52.7 Å². The van der Waals surface area contributed by atoms with E-state index in [2.05, 4.69) is 11.9 Å². The average Bonchev–Trinajstić information content (AvgIpc) is 2.86. The van der Waals surface area contributed by atoms with Gasteiger partial charge in [-0.05, 0) is 68.6 Å². The van der Waals surface area contributed by atoms with Gasteiger partial charge in [0.15, 0.2) is 5.78 Å². The number of halogens is 1. The van der Waals surface area contributed by atoms with Gasteiger partial charge in [-0.2, -0.15) is 0 Å². The molecular formula is C29H41FN2O3. The predicted molar refractivity (Wildman–Crippen MR) is 137 cm³/mol. The second kappa shape index (κ2) is 12.0. The smallest absolute Gasteiger partial charge is 0.254 e. The van der Waals surface area contributed by atoms with Crippen LogP contribution in [0.15, 0.2) is 30.4 Å². The van der Waals surface area contributed by atoms with Gasteiger partial charge in [0.25, 0.3) is 5.91 Å². The molecule has 1 aromatic carbocycles. The van der Waals surface area contributed by atoms with Gasteiger partial charge < -0.3 is 10.2 Å². The molecule has 1 aliphatic heterocycles. The molecule has 6 heteroatoms. The third-order valence-electron chi connectivity index (χ3n) is 7.86. The van der Waals surface area contributed by atoms with Crippen molar-refractivity contribution in [1.82, 2.24) is 10.2 Å². The van der Waals surface area contributed by atoms with E-state index >= 15 is 4.39 Å². The minimum Gasteiger partial charge on any atom is -0.342 e. The summed E-state index contributed by atoms with van der Waals surface area (Å²) in [6.07, 6.45) is 7.20. The Labute approximate surface area is 209 Å². The molecule has 0 spiro atoms. The SMILES string of the molecule is C=C(CC)C(=O)N1CCC(c2ccc(C(=O)NC(C(=O)C(C)C)C3CCCCC3)c(F)c2)CC1C. The minimum absolute atomic E-state index is 0.000106. The van der Waals surface area contributed by atoms with Crippen molar-refractivity contribution in [3.8, 4) is 0 Å². The fraction of sp³-hybridized carbons (Fsp3) is 0.621. The van der Waals surface area contributed by atoms with Gasteiger partial charge in [-0.3, -0.25) is 14.4 Å². The fourth-order valence-corrected chi connectivity index (χ4v) is 5.57. The minimum atomic E-state index is -0.567. The highest BCUT2D eigenvalue weighted by atomic mass is 19.1. The Morgan fingerprint density at radius 1 is 1.14 bits per heavy atom. The number of benzene rings is 1. The Kier molecular flexibility index (Phi) is 9.26. The van der Waals surface area contributed by atoms with Crippen LogP contribution in [0.25, 0.3) is 0 Å². The van der Waals surface area contributed by atoms with Crippen LogP contribution in [-0.4, -0.2) is 41.1 Å². The molecule has 2 aliphatic rings. The Hall–Kier alpha value is -2.50. The fourth-order valence-electron chi connectivity index (χ4n) is 5.57. The third kappa shape index (κ3) is 6.39. The predicted octanol–water partition coefficient (Wildman–Crippen LogP) is 5.79. The van der Waals surface area contributed by atoms with Crippen LogP contribution in [0, 0.1) is 17.7 Å². The number of nitrogens with one attached hydrogen (secondary N) is 1. The molecule has 192 valence electrons. The first-order valence-corrected chi connectivity index (χ1v) is 13.3. The molecule has 0 radical (unpaired) electrons. The van der Waals surface area contributed by atoms with Crippen LogP contribution >= 0.6 is 0 Å². The lowest BCUT2D eigenvalue weighted by Crippen LogP contribution is -2.48. The number of carbonyl (C=O) groups is 3. The molecule has 1 heterocycles. The summed E-state index contributed by atoms with van der Waals surface area (Å²) in [6, 6.07) is 4.28. The average molecular weight is 485 g/mol. The third-order valence-corrected chi connectivity index (χ3v) is 7.86. The number of hydrogen-bond acceptors (Lipinski definition) is 3. The number of ketones is 1. The monoisotopic (exact) mass is 484 g/mol. The molecule has 0 bridgehead atoms. The van der Waals surface area contributed by atoms with E-state index < -0.39 is 17.8 Å². The summed E-state index contributed by atoms with van der Waals surface area (Å²) in [7, 11) is 0. The van der Waals surface area contributed by atoms with E-state index in [4.69, 9.17) is 0 Å². The lowest BCUT2D eigenvalue weighted by molar-refractivity contribution is -0.130. The number of hydrogen-bond donors (Lipinski definition) is 1. The van der Waals surface area contributed by atoms with E-state index in [0.29, 0.717) is 18.5 Å². The first kappa shape index (κ1) is 27.1. The van der Waals surface area contributed by atoms with Gasteiger partial charge in [0, 0.05) is 24.1 Å². The van der Waals surface area contributed by atoms with Crippen molar-refractivity contribution in [3.05, 3.63) is 47.3 Å². The molecule has 35 heavy (non-hydrogen) atoms. The number of Topliss-reactive ketones (excluding diaryl/α,β-unsaturated/α-hetero) is 1. The highest BCUT2D eigenvalue weighted by Crippen LogP contribution is 2.33. The second-order valence-electron chi connectivity index (χ2n) is 10.7. The van der Waals surface area contributed by atoms with Gasteiger partial charge in [0.1, 0.15) is 5.82 Å². The van der Waals surface area contributed by atoms with Crippen molar-refractivity contribution in [3.63, 3.8) is 0 Å². The first-order chi connectivity index (χ1) is 16.6. The zero-order chi connectivity index (χ0) is 25.7. The summed E-state index contributed by atoms with van der Waals surface area (Å²) in [6.45, 7) is 12.1. The number of amides is 2. The molecule has 3 atom stereocenters. The molecule has 1 saturated heterocycles. The van der Waals surface area contributed by atoms with Gasteiger partial charge in [-0.15, -0.1) is 0 Å². The van der Waals surface area contributed by atoms with Crippen LogP contribution in [0.2, 0.25) is 0 Å². The van der Waals surface area contributed by atoms with Crippen molar-refractivity contribution in [2.45, 2.75) is 97.1 Å². The molecule has 1 aliphatic carbocycles. The molecule has 3 rings (SSSR count). The molecule has 5 nitrogen and oxygen atoms in total. The number of piperidine rings is 1. The van der Waals surface area contributed by atoms with Crippen molar-refractivity contribution >= 4 is 17.6 Å². The molecular weight excluding hydrogens is 443 g/mol. The van der Waals surface area contributed by atoms with Crippen LogP contribution < -0.4 is 5.32 Å². The van der Waals surface area contributed by atoms with Crippen molar-refractivity contribution in [2.24, 2.45) is 11.8 Å². The zero-order valence-corrected chi connectivity index (χ0v) is 21.7. The molecule has 1 aromatic rings. The standard InChI is InChI=1S/C29H41FN2O3/c1-6-19(4)29(35)32-15-14-23(16-20(32)5)22-12-13-24(25(30)17-22)28(34)31-26(27(33)18(2)3)21-10-8-7-9-11-21/h12-13,17-18,20-21,23,26H,4,6-11,14-16H2,1-3,5H3,(H,31,34). The van der Waals surface area contributed by atoms with Crippen molar-refractivity contribution in [2.75, 3.05) is 6.54 Å². The summed E-state index contributed by atoms with van der Waals surface area (Å²) >= 11 is 0. The van der Waals surface area contributed by atoms with Crippen LogP contribution in [0.4, 0.5) is 4.39 Å². The molecule has 0 aromatic heterocycles. The number of rotatable bonds is 8. The summed E-state index contributed by atoms with van der Waals surface area (Å²) < 4.78 is 15.1. The zero-order valence-electron chi connectivity index (χ0n) is 21.7. The lowest BCUT2D eigenvalue weighted by Gasteiger charge is -2.38. The van der Waals surface area contributed by atoms with Gasteiger partial charge in [0.05, 0.1) is 11.6 Å². The maximum atomic E-state index is 15.1. The Balaban J connectivity index is 1.70. The first-order valence-electron chi connectivity index (χ1n) is 13.3. The van der Waals surface area contributed by atoms with E-state index in [0.717, 1.165) is 50.5 Å². The largest absolute Gasteiger partial charge is 0.342 e. The highest BCUT2D eigenvalue weighted by molar-refractivity contribution is 5.98. The van der Waals surface area contributed by atoms with E-state index in [1.165, 1.54) is 6.07 Å². The summed E-state index contributed by atoms with van der Waals surface area (Å²) in [5, 5.41) is 2.88. The lowest BCUT2D eigenvalue weighted by atomic mass is 9.80. The normalized spacial score (nSPS) is 22.1. The number of nitrogens with zero attached hydrogens (tertiary/aromatic N) is 1. The van der Waals surface area contributed by atoms with Gasteiger partial charge >= 0.3 is 0 Å². The maximum Gasteiger partial charge on any atom is 0.254 e. The van der Waals surface area contributed by atoms with Crippen LogP contribution in [-0.2, 0) is 9.59 Å². The maximum absolute atomic E-state index is 15.1.